The second-order valence-electron chi connectivity index (χ2n) is 6.54. The molecule has 1 saturated carbocycles. The minimum Gasteiger partial charge on any atom is -0.304 e. The van der Waals surface area contributed by atoms with Gasteiger partial charge in [0.1, 0.15) is 6.54 Å². The van der Waals surface area contributed by atoms with Crippen molar-refractivity contribution in [2.24, 2.45) is 17.3 Å². The lowest BCUT2D eigenvalue weighted by Gasteiger charge is -2.15. The maximum atomic E-state index is 12.1. The zero-order valence-corrected chi connectivity index (χ0v) is 12.6. The van der Waals surface area contributed by atoms with E-state index in [9.17, 15) is 9.59 Å². The highest BCUT2D eigenvalue weighted by Crippen LogP contribution is 2.59. The minimum atomic E-state index is -0.244. The molecule has 0 aromatic rings. The van der Waals surface area contributed by atoms with Gasteiger partial charge in [0.25, 0.3) is 0 Å². The lowest BCUT2D eigenvalue weighted by Crippen LogP contribution is -2.35. The molecule has 1 heterocycles. The summed E-state index contributed by atoms with van der Waals surface area (Å²) in [5, 5.41) is 0. The third kappa shape index (κ3) is 2.45. The van der Waals surface area contributed by atoms with E-state index in [-0.39, 0.29) is 30.4 Å². The average Bonchev–Trinajstić information content (AvgIpc) is 2.71. The Morgan fingerprint density at radius 3 is 2.65 bits per heavy atom. The molecular weight excluding hydrogens is 252 g/mol. The quantitative estimate of drug-likeness (QED) is 0.447. The van der Waals surface area contributed by atoms with Crippen LogP contribution < -0.4 is 0 Å². The molecule has 20 heavy (non-hydrogen) atoms. The summed E-state index contributed by atoms with van der Waals surface area (Å²) < 4.78 is 0. The molecule has 3 amide bonds. The Bertz CT molecular complexity index is 509. The summed E-state index contributed by atoms with van der Waals surface area (Å²) in [6, 6.07) is -0.244. The van der Waals surface area contributed by atoms with E-state index in [1.54, 1.807) is 0 Å². The van der Waals surface area contributed by atoms with Gasteiger partial charge in [0.05, 0.1) is 6.54 Å². The fraction of sp³-hybridized carbons (Fsp3) is 0.625. The molecule has 2 aliphatic rings. The number of amides is 3. The predicted molar refractivity (Wildman–Crippen MR) is 77.7 cm³/mol. The molecule has 4 heteroatoms. The van der Waals surface area contributed by atoms with Crippen molar-refractivity contribution in [1.29, 1.82) is 0 Å². The first kappa shape index (κ1) is 14.6. The third-order valence-corrected chi connectivity index (χ3v) is 4.44. The van der Waals surface area contributed by atoms with Crippen molar-refractivity contribution in [3.8, 4) is 12.3 Å². The number of rotatable bonds is 4. The van der Waals surface area contributed by atoms with Crippen molar-refractivity contribution in [3.05, 3.63) is 11.6 Å². The Hall–Kier alpha value is -1.76. The maximum absolute atomic E-state index is 12.1. The predicted octanol–water partition coefficient (Wildman–Crippen LogP) is 2.12. The largest absolute Gasteiger partial charge is 0.328 e. The number of imide groups is 1. The first-order valence-corrected chi connectivity index (χ1v) is 6.96. The highest BCUT2D eigenvalue weighted by atomic mass is 16.2. The van der Waals surface area contributed by atoms with Crippen LogP contribution in [-0.2, 0) is 4.79 Å². The molecule has 0 N–H and O–H groups in total. The van der Waals surface area contributed by atoms with Crippen molar-refractivity contribution in [2.75, 3.05) is 19.6 Å². The SMILES string of the molecule is C#CCN1CC(=O)N(C[C@@H]2[C@@H](C=C(C)C)C2(C)C)C1=O. The zero-order valence-electron chi connectivity index (χ0n) is 12.6. The zero-order chi connectivity index (χ0) is 15.1. The van der Waals surface area contributed by atoms with Gasteiger partial charge >= 0.3 is 6.03 Å². The molecular formula is C16H22N2O2. The van der Waals surface area contributed by atoms with Gasteiger partial charge in [-0.2, -0.15) is 0 Å². The van der Waals surface area contributed by atoms with Crippen LogP contribution in [0.4, 0.5) is 4.79 Å². The summed E-state index contributed by atoms with van der Waals surface area (Å²) in [4.78, 5) is 26.9. The van der Waals surface area contributed by atoms with Gasteiger partial charge in [-0.25, -0.2) is 4.79 Å². The Morgan fingerprint density at radius 2 is 2.10 bits per heavy atom. The van der Waals surface area contributed by atoms with Crippen LogP contribution in [0.25, 0.3) is 0 Å². The van der Waals surface area contributed by atoms with Crippen molar-refractivity contribution in [3.63, 3.8) is 0 Å². The first-order chi connectivity index (χ1) is 9.28. The molecule has 0 spiro atoms. The van der Waals surface area contributed by atoms with Crippen LogP contribution >= 0.6 is 0 Å². The molecule has 2 fully saturated rings. The fourth-order valence-corrected chi connectivity index (χ4v) is 3.03. The van der Waals surface area contributed by atoms with Gasteiger partial charge in [-0.3, -0.25) is 9.69 Å². The van der Waals surface area contributed by atoms with E-state index >= 15 is 0 Å². The number of hydrogen-bond donors (Lipinski definition) is 0. The van der Waals surface area contributed by atoms with Gasteiger partial charge < -0.3 is 4.90 Å². The fourth-order valence-electron chi connectivity index (χ4n) is 3.03. The molecule has 2 rings (SSSR count). The number of hydrogen-bond acceptors (Lipinski definition) is 2. The number of urea groups is 1. The first-order valence-electron chi connectivity index (χ1n) is 6.96. The Balaban J connectivity index is 2.05. The molecule has 0 bridgehead atoms. The van der Waals surface area contributed by atoms with Crippen LogP contribution in [0, 0.1) is 29.6 Å². The highest BCUT2D eigenvalue weighted by Gasteiger charge is 2.57. The van der Waals surface area contributed by atoms with Crippen LogP contribution in [0.5, 0.6) is 0 Å². The van der Waals surface area contributed by atoms with Gasteiger partial charge in [0.15, 0.2) is 0 Å². The van der Waals surface area contributed by atoms with Gasteiger partial charge in [0.2, 0.25) is 5.91 Å². The highest BCUT2D eigenvalue weighted by molar-refractivity contribution is 6.02. The molecule has 108 valence electrons. The van der Waals surface area contributed by atoms with Crippen molar-refractivity contribution < 1.29 is 9.59 Å². The number of nitrogens with zero attached hydrogens (tertiary/aromatic N) is 2. The lowest BCUT2D eigenvalue weighted by atomic mass is 10.1. The smallest absolute Gasteiger partial charge is 0.304 e. The number of terminal acetylenes is 1. The Morgan fingerprint density at radius 1 is 1.45 bits per heavy atom. The molecule has 2 atom stereocenters. The van der Waals surface area contributed by atoms with Crippen LogP contribution in [-0.4, -0.2) is 41.4 Å². The summed E-state index contributed by atoms with van der Waals surface area (Å²) in [5.41, 5.74) is 1.43. The van der Waals surface area contributed by atoms with Crippen molar-refractivity contribution >= 4 is 11.9 Å². The number of carbonyl (C=O) groups is 2. The van der Waals surface area contributed by atoms with E-state index in [1.807, 2.05) is 0 Å². The third-order valence-electron chi connectivity index (χ3n) is 4.44. The minimum absolute atomic E-state index is 0.115. The van der Waals surface area contributed by atoms with E-state index < -0.39 is 0 Å². The molecule has 1 saturated heterocycles. The molecule has 0 unspecified atom stereocenters. The van der Waals surface area contributed by atoms with E-state index in [0.29, 0.717) is 18.4 Å². The van der Waals surface area contributed by atoms with Crippen LogP contribution in [0.3, 0.4) is 0 Å². The van der Waals surface area contributed by atoms with Crippen LogP contribution in [0.1, 0.15) is 27.7 Å². The average molecular weight is 274 g/mol. The molecule has 4 nitrogen and oxygen atoms in total. The van der Waals surface area contributed by atoms with Gasteiger partial charge in [-0.05, 0) is 31.1 Å². The van der Waals surface area contributed by atoms with Crippen LogP contribution in [0.2, 0.25) is 0 Å². The Labute approximate surface area is 120 Å². The number of carbonyl (C=O) groups excluding carboxylic acids is 2. The molecule has 0 aromatic carbocycles. The second kappa shape index (κ2) is 4.97. The van der Waals surface area contributed by atoms with E-state index in [1.165, 1.54) is 15.4 Å². The summed E-state index contributed by atoms with van der Waals surface area (Å²) in [5.74, 6) is 3.07. The van der Waals surface area contributed by atoms with Gasteiger partial charge in [-0.1, -0.05) is 31.4 Å². The van der Waals surface area contributed by atoms with Gasteiger partial charge in [0, 0.05) is 6.54 Å². The lowest BCUT2D eigenvalue weighted by molar-refractivity contribution is -0.125. The van der Waals surface area contributed by atoms with Crippen molar-refractivity contribution in [2.45, 2.75) is 27.7 Å². The van der Waals surface area contributed by atoms with E-state index in [0.717, 1.165) is 0 Å². The molecule has 0 aromatic heterocycles. The van der Waals surface area contributed by atoms with Crippen molar-refractivity contribution in [1.82, 2.24) is 9.80 Å². The number of allylic oxidation sites excluding steroid dienone is 2. The maximum Gasteiger partial charge on any atom is 0.328 e. The molecule has 1 aliphatic heterocycles. The Kier molecular flexibility index (Phi) is 3.64. The standard InChI is InChI=1S/C16H22N2O2/c1-6-7-17-10-14(19)18(15(17)20)9-13-12(8-11(2)3)16(13,4)5/h1,8,12-13H,7,9-10H2,2-5H3/t12-,13-/m1/s1. The second-order valence-corrected chi connectivity index (χ2v) is 6.54. The monoisotopic (exact) mass is 274 g/mol. The van der Waals surface area contributed by atoms with E-state index in [2.05, 4.69) is 39.7 Å². The summed E-state index contributed by atoms with van der Waals surface area (Å²) >= 11 is 0. The van der Waals surface area contributed by atoms with Gasteiger partial charge in [-0.15, -0.1) is 6.42 Å². The topological polar surface area (TPSA) is 40.6 Å². The van der Waals surface area contributed by atoms with E-state index in [4.69, 9.17) is 6.42 Å². The molecule has 0 radical (unpaired) electrons. The molecule has 1 aliphatic carbocycles. The summed E-state index contributed by atoms with van der Waals surface area (Å²) in [7, 11) is 0. The normalized spacial score (nSPS) is 27.6. The summed E-state index contributed by atoms with van der Waals surface area (Å²) in [6.45, 7) is 9.34. The summed E-state index contributed by atoms with van der Waals surface area (Å²) in [6.07, 6.45) is 7.46. The van der Waals surface area contributed by atoms with Crippen LogP contribution in [0.15, 0.2) is 11.6 Å².